The van der Waals surface area contributed by atoms with Gasteiger partial charge in [0.2, 0.25) is 11.8 Å². The number of anilines is 1. The van der Waals surface area contributed by atoms with Crippen LogP contribution in [0.25, 0.3) is 0 Å². The van der Waals surface area contributed by atoms with Crippen LogP contribution in [0.2, 0.25) is 0 Å². The molecule has 178 valence electrons. The van der Waals surface area contributed by atoms with Gasteiger partial charge in [-0.15, -0.1) is 0 Å². The van der Waals surface area contributed by atoms with Crippen molar-refractivity contribution in [1.29, 1.82) is 0 Å². The Labute approximate surface area is 191 Å². The molecular formula is C23H29F2N5O3. The molecule has 0 aliphatic carbocycles. The molecule has 2 unspecified atom stereocenters. The average Bonchev–Trinajstić information content (AvgIpc) is 3.24. The third kappa shape index (κ3) is 6.36. The predicted octanol–water partition coefficient (Wildman–Crippen LogP) is 3.17. The number of nitrogens with one attached hydrogen (secondary N) is 3. The van der Waals surface area contributed by atoms with Gasteiger partial charge in [0.1, 0.15) is 23.5 Å². The van der Waals surface area contributed by atoms with E-state index < -0.39 is 29.5 Å². The normalized spacial score (nSPS) is 16.8. The number of hydrogen-bond acceptors (Lipinski definition) is 4. The largest absolute Gasteiger partial charge is 0.344 e. The monoisotopic (exact) mass is 461 g/mol. The predicted molar refractivity (Wildman–Crippen MR) is 118 cm³/mol. The van der Waals surface area contributed by atoms with Crippen molar-refractivity contribution in [3.05, 3.63) is 47.2 Å². The molecule has 1 aromatic carbocycles. The highest BCUT2D eigenvalue weighted by Crippen LogP contribution is 2.22. The fourth-order valence-electron chi connectivity index (χ4n) is 4.05. The number of carbonyl (C=O) groups excluding carboxylic acids is 3. The van der Waals surface area contributed by atoms with Gasteiger partial charge in [0, 0.05) is 24.7 Å². The highest BCUT2D eigenvalue weighted by Gasteiger charge is 2.28. The lowest BCUT2D eigenvalue weighted by molar-refractivity contribution is -0.126. The van der Waals surface area contributed by atoms with Gasteiger partial charge in [-0.2, -0.15) is 5.10 Å². The molecule has 10 heteroatoms. The van der Waals surface area contributed by atoms with Crippen LogP contribution in [-0.4, -0.2) is 51.4 Å². The Bertz CT molecular complexity index is 989. The van der Waals surface area contributed by atoms with Crippen LogP contribution in [0.4, 0.5) is 14.6 Å². The number of rotatable bonds is 8. The number of benzene rings is 1. The maximum Gasteiger partial charge on any atom is 0.274 e. The van der Waals surface area contributed by atoms with E-state index in [2.05, 4.69) is 27.8 Å². The summed E-state index contributed by atoms with van der Waals surface area (Å²) in [5, 5.41) is 11.9. The summed E-state index contributed by atoms with van der Waals surface area (Å²) in [5.74, 6) is -2.53. The number of nitrogens with zero attached hydrogens (tertiary/aromatic N) is 2. The SMILES string of the molecule is CCC(NC(=O)Cc1cc(F)cc(F)c1)C(=O)Nc1cc(C(=O)N2CCCCC2CC)n[nH]1. The molecule has 2 atom stereocenters. The van der Waals surface area contributed by atoms with Crippen LogP contribution in [0.1, 0.15) is 62.0 Å². The molecule has 3 amide bonds. The molecule has 8 nitrogen and oxygen atoms in total. The summed E-state index contributed by atoms with van der Waals surface area (Å²) in [4.78, 5) is 39.6. The minimum atomic E-state index is -0.870. The molecular weight excluding hydrogens is 432 g/mol. The second-order valence-electron chi connectivity index (χ2n) is 8.20. The quantitative estimate of drug-likeness (QED) is 0.561. The van der Waals surface area contributed by atoms with Gasteiger partial charge in [-0.05, 0) is 49.8 Å². The van der Waals surface area contributed by atoms with E-state index >= 15 is 0 Å². The zero-order chi connectivity index (χ0) is 24.0. The lowest BCUT2D eigenvalue weighted by Crippen LogP contribution is -2.44. The zero-order valence-corrected chi connectivity index (χ0v) is 18.8. The minimum Gasteiger partial charge on any atom is -0.344 e. The van der Waals surface area contributed by atoms with E-state index in [1.807, 2.05) is 4.90 Å². The number of hydrogen-bond donors (Lipinski definition) is 3. The van der Waals surface area contributed by atoms with Crippen LogP contribution in [0.5, 0.6) is 0 Å². The molecule has 2 aromatic rings. The van der Waals surface area contributed by atoms with Crippen molar-refractivity contribution >= 4 is 23.5 Å². The van der Waals surface area contributed by atoms with Crippen LogP contribution in [-0.2, 0) is 16.0 Å². The molecule has 0 radical (unpaired) electrons. The number of amides is 3. The lowest BCUT2D eigenvalue weighted by atomic mass is 9.99. The molecule has 1 aromatic heterocycles. The van der Waals surface area contributed by atoms with Crippen molar-refractivity contribution < 1.29 is 23.2 Å². The molecule has 2 heterocycles. The Morgan fingerprint density at radius 1 is 1.15 bits per heavy atom. The third-order valence-corrected chi connectivity index (χ3v) is 5.76. The van der Waals surface area contributed by atoms with Gasteiger partial charge in [0.15, 0.2) is 5.69 Å². The molecule has 1 fully saturated rings. The Hall–Kier alpha value is -3.30. The van der Waals surface area contributed by atoms with Crippen molar-refractivity contribution in [3.8, 4) is 0 Å². The highest BCUT2D eigenvalue weighted by molar-refractivity contribution is 5.98. The summed E-state index contributed by atoms with van der Waals surface area (Å²) in [6, 6.07) is 3.65. The number of aromatic amines is 1. The van der Waals surface area contributed by atoms with Crippen molar-refractivity contribution in [2.45, 2.75) is 64.5 Å². The van der Waals surface area contributed by atoms with E-state index in [4.69, 9.17) is 0 Å². The van der Waals surface area contributed by atoms with Gasteiger partial charge in [0.25, 0.3) is 5.91 Å². The average molecular weight is 462 g/mol. The standard InChI is InChI=1S/C23H29F2N5O3/c1-3-17-7-5-6-8-30(17)23(33)19-13-20(29-28-19)27-22(32)18(4-2)26-21(31)11-14-9-15(24)12-16(25)10-14/h9-10,12-13,17-18H,3-8,11H2,1-2H3,(H,26,31)(H2,27,28,29,32). The van der Waals surface area contributed by atoms with E-state index in [1.165, 1.54) is 6.07 Å². The number of halogens is 2. The van der Waals surface area contributed by atoms with E-state index in [9.17, 15) is 23.2 Å². The van der Waals surface area contributed by atoms with Crippen molar-refractivity contribution in [1.82, 2.24) is 20.4 Å². The molecule has 3 rings (SSSR count). The summed E-state index contributed by atoms with van der Waals surface area (Å²) >= 11 is 0. The number of carbonyl (C=O) groups is 3. The molecule has 1 saturated heterocycles. The highest BCUT2D eigenvalue weighted by atomic mass is 19.1. The maximum absolute atomic E-state index is 13.3. The molecule has 1 aliphatic heterocycles. The Morgan fingerprint density at radius 2 is 1.88 bits per heavy atom. The van der Waals surface area contributed by atoms with Crippen LogP contribution in [0.3, 0.4) is 0 Å². The first-order valence-corrected chi connectivity index (χ1v) is 11.2. The second-order valence-corrected chi connectivity index (χ2v) is 8.20. The summed E-state index contributed by atoms with van der Waals surface area (Å²) in [6.07, 6.45) is 3.92. The van der Waals surface area contributed by atoms with Crippen molar-refractivity contribution in [2.24, 2.45) is 0 Å². The van der Waals surface area contributed by atoms with Gasteiger partial charge < -0.3 is 15.5 Å². The molecule has 0 spiro atoms. The fourth-order valence-corrected chi connectivity index (χ4v) is 4.05. The first kappa shape index (κ1) is 24.3. The van der Waals surface area contributed by atoms with Gasteiger partial charge >= 0.3 is 0 Å². The smallest absolute Gasteiger partial charge is 0.274 e. The summed E-state index contributed by atoms with van der Waals surface area (Å²) < 4.78 is 26.6. The van der Waals surface area contributed by atoms with Crippen LogP contribution in [0.15, 0.2) is 24.3 Å². The van der Waals surface area contributed by atoms with Gasteiger partial charge in [-0.25, -0.2) is 8.78 Å². The minimum absolute atomic E-state index is 0.167. The zero-order valence-electron chi connectivity index (χ0n) is 18.8. The van der Waals surface area contributed by atoms with Crippen LogP contribution < -0.4 is 10.6 Å². The van der Waals surface area contributed by atoms with E-state index in [1.54, 1.807) is 6.92 Å². The van der Waals surface area contributed by atoms with Crippen molar-refractivity contribution in [3.63, 3.8) is 0 Å². The van der Waals surface area contributed by atoms with Crippen molar-refractivity contribution in [2.75, 3.05) is 11.9 Å². The molecule has 33 heavy (non-hydrogen) atoms. The first-order chi connectivity index (χ1) is 15.8. The first-order valence-electron chi connectivity index (χ1n) is 11.2. The van der Waals surface area contributed by atoms with E-state index in [-0.39, 0.29) is 35.4 Å². The summed E-state index contributed by atoms with van der Waals surface area (Å²) in [6.45, 7) is 4.46. The molecule has 0 bridgehead atoms. The van der Waals surface area contributed by atoms with Crippen LogP contribution >= 0.6 is 0 Å². The van der Waals surface area contributed by atoms with Gasteiger partial charge in [-0.1, -0.05) is 13.8 Å². The Kier molecular flexibility index (Phi) is 8.13. The van der Waals surface area contributed by atoms with Gasteiger partial charge in [-0.3, -0.25) is 19.5 Å². The summed E-state index contributed by atoms with van der Waals surface area (Å²) in [5.41, 5.74) is 0.385. The van der Waals surface area contributed by atoms with E-state index in [0.717, 1.165) is 43.9 Å². The lowest BCUT2D eigenvalue weighted by Gasteiger charge is -2.34. The molecule has 3 N–H and O–H groups in total. The maximum atomic E-state index is 13.3. The molecule has 1 aliphatic rings. The third-order valence-electron chi connectivity index (χ3n) is 5.76. The van der Waals surface area contributed by atoms with E-state index in [0.29, 0.717) is 13.0 Å². The fraction of sp³-hybridized carbons (Fsp3) is 0.478. The number of piperidine rings is 1. The molecule has 0 saturated carbocycles. The number of aromatic nitrogens is 2. The number of H-pyrrole nitrogens is 1. The topological polar surface area (TPSA) is 107 Å². The Morgan fingerprint density at radius 3 is 2.55 bits per heavy atom. The van der Waals surface area contributed by atoms with Crippen LogP contribution in [0, 0.1) is 11.6 Å². The number of likely N-dealkylation sites (tertiary alicyclic amines) is 1. The summed E-state index contributed by atoms with van der Waals surface area (Å²) in [7, 11) is 0. The Balaban J connectivity index is 1.58. The van der Waals surface area contributed by atoms with Gasteiger partial charge in [0.05, 0.1) is 6.42 Å². The second kappa shape index (κ2) is 11.0.